The zero-order valence-corrected chi connectivity index (χ0v) is 10.2. The SMILES string of the molecule is CCC(N)C(C)N1CC(C)CC(C)C1. The molecule has 0 amide bonds. The highest BCUT2D eigenvalue weighted by molar-refractivity contribution is 4.83. The van der Waals surface area contributed by atoms with E-state index in [1.165, 1.54) is 19.5 Å². The van der Waals surface area contributed by atoms with Crippen LogP contribution < -0.4 is 5.73 Å². The van der Waals surface area contributed by atoms with E-state index in [1.54, 1.807) is 0 Å². The predicted molar refractivity (Wildman–Crippen MR) is 62.2 cm³/mol. The van der Waals surface area contributed by atoms with Gasteiger partial charge in [0, 0.05) is 25.2 Å². The number of rotatable bonds is 3. The Labute approximate surface area is 88.8 Å². The fourth-order valence-electron chi connectivity index (χ4n) is 2.66. The number of nitrogens with zero attached hydrogens (tertiary/aromatic N) is 1. The molecule has 84 valence electrons. The van der Waals surface area contributed by atoms with Crippen LogP contribution in [0.2, 0.25) is 0 Å². The third kappa shape index (κ3) is 2.96. The molecule has 4 atom stereocenters. The van der Waals surface area contributed by atoms with Gasteiger partial charge in [0.1, 0.15) is 0 Å². The molecule has 0 aromatic heterocycles. The summed E-state index contributed by atoms with van der Waals surface area (Å²) >= 11 is 0. The molecule has 1 fully saturated rings. The van der Waals surface area contributed by atoms with Crippen LogP contribution in [0.3, 0.4) is 0 Å². The number of likely N-dealkylation sites (tertiary alicyclic amines) is 1. The van der Waals surface area contributed by atoms with Crippen LogP contribution in [-0.4, -0.2) is 30.1 Å². The molecule has 1 rings (SSSR count). The van der Waals surface area contributed by atoms with Gasteiger partial charge >= 0.3 is 0 Å². The lowest BCUT2D eigenvalue weighted by molar-refractivity contribution is 0.0899. The molecule has 2 nitrogen and oxygen atoms in total. The Morgan fingerprint density at radius 3 is 2.21 bits per heavy atom. The molecule has 0 aromatic carbocycles. The molecule has 1 saturated heterocycles. The molecule has 1 heterocycles. The summed E-state index contributed by atoms with van der Waals surface area (Å²) in [7, 11) is 0. The van der Waals surface area contributed by atoms with E-state index >= 15 is 0 Å². The molecule has 0 saturated carbocycles. The summed E-state index contributed by atoms with van der Waals surface area (Å²) in [6, 6.07) is 0.887. The molecule has 1 aliphatic heterocycles. The van der Waals surface area contributed by atoms with E-state index in [1.807, 2.05) is 0 Å². The monoisotopic (exact) mass is 198 g/mol. The minimum absolute atomic E-state index is 0.340. The van der Waals surface area contributed by atoms with Crippen molar-refractivity contribution in [3.05, 3.63) is 0 Å². The van der Waals surface area contributed by atoms with Crippen LogP contribution >= 0.6 is 0 Å². The lowest BCUT2D eigenvalue weighted by Gasteiger charge is -2.40. The van der Waals surface area contributed by atoms with Crippen molar-refractivity contribution in [1.29, 1.82) is 0 Å². The second kappa shape index (κ2) is 5.13. The van der Waals surface area contributed by atoms with E-state index in [0.29, 0.717) is 12.1 Å². The van der Waals surface area contributed by atoms with E-state index in [2.05, 4.69) is 32.6 Å². The van der Waals surface area contributed by atoms with Gasteiger partial charge in [-0.2, -0.15) is 0 Å². The molecular weight excluding hydrogens is 172 g/mol. The van der Waals surface area contributed by atoms with Crippen molar-refractivity contribution in [3.63, 3.8) is 0 Å². The van der Waals surface area contributed by atoms with Gasteiger partial charge in [-0.1, -0.05) is 20.8 Å². The van der Waals surface area contributed by atoms with Gasteiger partial charge in [-0.15, -0.1) is 0 Å². The minimum Gasteiger partial charge on any atom is -0.326 e. The summed E-state index contributed by atoms with van der Waals surface area (Å²) in [4.78, 5) is 2.58. The highest BCUT2D eigenvalue weighted by atomic mass is 15.2. The topological polar surface area (TPSA) is 29.3 Å². The average molecular weight is 198 g/mol. The Bertz CT molecular complexity index is 160. The molecular formula is C12H26N2. The molecule has 0 bridgehead atoms. The molecule has 2 N–H and O–H groups in total. The van der Waals surface area contributed by atoms with Gasteiger partial charge in [0.2, 0.25) is 0 Å². The molecule has 0 radical (unpaired) electrons. The number of hydrogen-bond acceptors (Lipinski definition) is 2. The highest BCUT2D eigenvalue weighted by Gasteiger charge is 2.27. The molecule has 1 aliphatic rings. The van der Waals surface area contributed by atoms with Gasteiger partial charge in [0.15, 0.2) is 0 Å². The van der Waals surface area contributed by atoms with E-state index < -0.39 is 0 Å². The first kappa shape index (κ1) is 12.0. The molecule has 0 aliphatic carbocycles. The normalized spacial score (nSPS) is 34.1. The quantitative estimate of drug-likeness (QED) is 0.752. The zero-order chi connectivity index (χ0) is 10.7. The molecule has 0 spiro atoms. The second-order valence-electron chi connectivity index (χ2n) is 5.21. The van der Waals surface area contributed by atoms with Crippen LogP contribution in [0.5, 0.6) is 0 Å². The van der Waals surface area contributed by atoms with Crippen molar-refractivity contribution in [1.82, 2.24) is 4.90 Å². The van der Waals surface area contributed by atoms with Gasteiger partial charge in [-0.3, -0.25) is 4.90 Å². The van der Waals surface area contributed by atoms with Gasteiger partial charge in [-0.05, 0) is 31.6 Å². The van der Waals surface area contributed by atoms with Crippen LogP contribution in [0.15, 0.2) is 0 Å². The summed E-state index contributed by atoms with van der Waals surface area (Å²) in [6.07, 6.45) is 2.46. The zero-order valence-electron chi connectivity index (χ0n) is 10.2. The van der Waals surface area contributed by atoms with Crippen LogP contribution in [0.25, 0.3) is 0 Å². The van der Waals surface area contributed by atoms with Gasteiger partial charge in [0.05, 0.1) is 0 Å². The molecule has 4 unspecified atom stereocenters. The summed E-state index contributed by atoms with van der Waals surface area (Å²) in [5.74, 6) is 1.68. The molecule has 2 heteroatoms. The van der Waals surface area contributed by atoms with Crippen molar-refractivity contribution in [2.45, 2.75) is 52.6 Å². The average Bonchev–Trinajstić information content (AvgIpc) is 2.14. The summed E-state index contributed by atoms with van der Waals surface area (Å²) < 4.78 is 0. The maximum Gasteiger partial charge on any atom is 0.0219 e. The lowest BCUT2D eigenvalue weighted by Crippen LogP contribution is -2.51. The third-order valence-corrected chi connectivity index (χ3v) is 3.56. The summed E-state index contributed by atoms with van der Waals surface area (Å²) in [6.45, 7) is 11.6. The minimum atomic E-state index is 0.340. The van der Waals surface area contributed by atoms with Gasteiger partial charge in [-0.25, -0.2) is 0 Å². The standard InChI is InChI=1S/C12H26N2/c1-5-12(13)11(4)14-7-9(2)6-10(3)8-14/h9-12H,5-8,13H2,1-4H3. The maximum atomic E-state index is 6.10. The Balaban J connectivity index is 2.50. The van der Waals surface area contributed by atoms with E-state index in [0.717, 1.165) is 18.3 Å². The van der Waals surface area contributed by atoms with Gasteiger partial charge < -0.3 is 5.73 Å². The van der Waals surface area contributed by atoms with Crippen LogP contribution in [0, 0.1) is 11.8 Å². The Morgan fingerprint density at radius 1 is 1.29 bits per heavy atom. The van der Waals surface area contributed by atoms with Crippen molar-refractivity contribution in [2.75, 3.05) is 13.1 Å². The number of piperidine rings is 1. The van der Waals surface area contributed by atoms with Crippen LogP contribution in [-0.2, 0) is 0 Å². The first-order valence-electron chi connectivity index (χ1n) is 6.04. The molecule has 0 aromatic rings. The smallest absolute Gasteiger partial charge is 0.0219 e. The van der Waals surface area contributed by atoms with Crippen molar-refractivity contribution in [3.8, 4) is 0 Å². The van der Waals surface area contributed by atoms with Gasteiger partial charge in [0.25, 0.3) is 0 Å². The largest absolute Gasteiger partial charge is 0.326 e. The Hall–Kier alpha value is -0.0800. The number of hydrogen-bond donors (Lipinski definition) is 1. The summed E-state index contributed by atoms with van der Waals surface area (Å²) in [5.41, 5.74) is 6.10. The van der Waals surface area contributed by atoms with Crippen LogP contribution in [0.1, 0.15) is 40.5 Å². The third-order valence-electron chi connectivity index (χ3n) is 3.56. The van der Waals surface area contributed by atoms with E-state index in [4.69, 9.17) is 5.73 Å². The molecule has 14 heavy (non-hydrogen) atoms. The first-order valence-corrected chi connectivity index (χ1v) is 6.04. The van der Waals surface area contributed by atoms with Crippen molar-refractivity contribution < 1.29 is 0 Å². The number of nitrogens with two attached hydrogens (primary N) is 1. The predicted octanol–water partition coefficient (Wildman–Crippen LogP) is 2.09. The van der Waals surface area contributed by atoms with E-state index in [-0.39, 0.29) is 0 Å². The lowest BCUT2D eigenvalue weighted by atomic mass is 9.90. The van der Waals surface area contributed by atoms with Crippen molar-refractivity contribution >= 4 is 0 Å². The second-order valence-corrected chi connectivity index (χ2v) is 5.21. The highest BCUT2D eigenvalue weighted by Crippen LogP contribution is 2.23. The Morgan fingerprint density at radius 2 is 1.79 bits per heavy atom. The van der Waals surface area contributed by atoms with Crippen LogP contribution in [0.4, 0.5) is 0 Å². The fourth-order valence-corrected chi connectivity index (χ4v) is 2.66. The van der Waals surface area contributed by atoms with E-state index in [9.17, 15) is 0 Å². The summed E-state index contributed by atoms with van der Waals surface area (Å²) in [5, 5.41) is 0. The maximum absolute atomic E-state index is 6.10. The first-order chi connectivity index (χ1) is 6.54. The van der Waals surface area contributed by atoms with Crippen molar-refractivity contribution in [2.24, 2.45) is 17.6 Å². The fraction of sp³-hybridized carbons (Fsp3) is 1.00. The Kier molecular flexibility index (Phi) is 4.39.